The third kappa shape index (κ3) is 1.66. The third-order valence-corrected chi connectivity index (χ3v) is 4.60. The van der Waals surface area contributed by atoms with Crippen molar-refractivity contribution in [2.75, 3.05) is 6.54 Å². The minimum atomic E-state index is -3.47. The van der Waals surface area contributed by atoms with Gasteiger partial charge >= 0.3 is 0 Å². The maximum absolute atomic E-state index is 12.1. The monoisotopic (exact) mass is 230 g/mol. The van der Waals surface area contributed by atoms with Gasteiger partial charge in [0.1, 0.15) is 0 Å². The lowest BCUT2D eigenvalue weighted by Crippen LogP contribution is -2.41. The molecule has 1 unspecified atom stereocenters. The van der Waals surface area contributed by atoms with E-state index >= 15 is 0 Å². The van der Waals surface area contributed by atoms with Crippen LogP contribution in [-0.2, 0) is 17.1 Å². The molecule has 0 saturated carbocycles. The van der Waals surface area contributed by atoms with E-state index in [2.05, 4.69) is 5.10 Å². The number of hydrogen-bond donors (Lipinski definition) is 1. The maximum atomic E-state index is 12.1. The van der Waals surface area contributed by atoms with Gasteiger partial charge in [-0.3, -0.25) is 4.68 Å². The Balaban J connectivity index is 2.39. The molecule has 1 atom stereocenters. The summed E-state index contributed by atoms with van der Waals surface area (Å²) >= 11 is 0. The van der Waals surface area contributed by atoms with Gasteiger partial charge in [-0.1, -0.05) is 0 Å². The van der Waals surface area contributed by atoms with Gasteiger partial charge in [0.05, 0.1) is 12.4 Å². The fourth-order valence-electron chi connectivity index (χ4n) is 1.80. The second-order valence-corrected chi connectivity index (χ2v) is 5.46. The van der Waals surface area contributed by atoms with Gasteiger partial charge in [0.25, 0.3) is 10.0 Å². The Bertz CT molecular complexity index is 453. The van der Waals surface area contributed by atoms with Gasteiger partial charge < -0.3 is 5.73 Å². The molecule has 2 heterocycles. The highest BCUT2D eigenvalue weighted by Crippen LogP contribution is 2.22. The smallest absolute Gasteiger partial charge is 0.261 e. The van der Waals surface area contributed by atoms with Crippen LogP contribution in [0.15, 0.2) is 17.3 Å². The summed E-state index contributed by atoms with van der Waals surface area (Å²) in [6, 6.07) is 1.49. The molecule has 0 aromatic carbocycles. The van der Waals surface area contributed by atoms with Gasteiger partial charge in [-0.05, 0) is 18.9 Å². The summed E-state index contributed by atoms with van der Waals surface area (Å²) in [5.41, 5.74) is 5.74. The van der Waals surface area contributed by atoms with Crippen molar-refractivity contribution in [1.82, 2.24) is 14.1 Å². The van der Waals surface area contributed by atoms with Crippen molar-refractivity contribution < 1.29 is 8.42 Å². The SMILES string of the molecule is Cn1nccc1S(=O)(=O)N1CCCC1N. The Hall–Kier alpha value is -0.920. The number of rotatable bonds is 2. The van der Waals surface area contributed by atoms with Crippen LogP contribution in [0.2, 0.25) is 0 Å². The highest BCUT2D eigenvalue weighted by atomic mass is 32.2. The average molecular weight is 230 g/mol. The first kappa shape index (κ1) is 10.6. The zero-order valence-corrected chi connectivity index (χ0v) is 9.31. The average Bonchev–Trinajstić information content (AvgIpc) is 2.73. The topological polar surface area (TPSA) is 81.2 Å². The predicted molar refractivity (Wildman–Crippen MR) is 54.3 cm³/mol. The number of hydrogen-bond acceptors (Lipinski definition) is 4. The molecule has 1 aromatic rings. The number of aryl methyl sites for hydroxylation is 1. The lowest BCUT2D eigenvalue weighted by atomic mass is 10.3. The molecule has 1 fully saturated rings. The molecule has 1 saturated heterocycles. The molecule has 0 bridgehead atoms. The first-order valence-electron chi connectivity index (χ1n) is 4.79. The van der Waals surface area contributed by atoms with Crippen molar-refractivity contribution in [3.8, 4) is 0 Å². The predicted octanol–water partition coefficient (Wildman–Crippen LogP) is -0.511. The molecule has 1 aliphatic rings. The molecular formula is C8H14N4O2S. The Morgan fingerprint density at radius 1 is 1.60 bits per heavy atom. The number of sulfonamides is 1. The maximum Gasteiger partial charge on any atom is 0.261 e. The Labute approximate surface area is 88.7 Å². The van der Waals surface area contributed by atoms with E-state index in [1.54, 1.807) is 7.05 Å². The van der Waals surface area contributed by atoms with Crippen LogP contribution in [0.1, 0.15) is 12.8 Å². The summed E-state index contributed by atoms with van der Waals surface area (Å²) in [5, 5.41) is 4.04. The van der Waals surface area contributed by atoms with Crippen LogP contribution < -0.4 is 5.73 Å². The molecule has 84 valence electrons. The summed E-state index contributed by atoms with van der Waals surface area (Å²) in [6.07, 6.45) is 2.61. The Morgan fingerprint density at radius 2 is 2.33 bits per heavy atom. The van der Waals surface area contributed by atoms with E-state index < -0.39 is 16.2 Å². The highest BCUT2D eigenvalue weighted by Gasteiger charge is 2.34. The minimum Gasteiger partial charge on any atom is -0.315 e. The highest BCUT2D eigenvalue weighted by molar-refractivity contribution is 7.89. The van der Waals surface area contributed by atoms with Crippen LogP contribution in [-0.4, -0.2) is 35.2 Å². The summed E-state index contributed by atoms with van der Waals surface area (Å²) in [6.45, 7) is 0.495. The molecule has 2 N–H and O–H groups in total. The van der Waals surface area contributed by atoms with Gasteiger partial charge in [-0.15, -0.1) is 0 Å². The standard InChI is InChI=1S/C8H14N4O2S/c1-11-8(4-5-10-11)15(13,14)12-6-2-3-7(12)9/h4-5,7H,2-3,6,9H2,1H3. The van der Waals surface area contributed by atoms with Gasteiger partial charge in [-0.25, -0.2) is 8.42 Å². The first-order valence-corrected chi connectivity index (χ1v) is 6.23. The number of nitrogens with two attached hydrogens (primary N) is 1. The van der Waals surface area contributed by atoms with Crippen LogP contribution >= 0.6 is 0 Å². The Kier molecular flexibility index (Phi) is 2.53. The van der Waals surface area contributed by atoms with Crippen LogP contribution in [0, 0.1) is 0 Å². The molecule has 0 radical (unpaired) electrons. The normalized spacial score (nSPS) is 23.5. The van der Waals surface area contributed by atoms with E-state index in [4.69, 9.17) is 5.73 Å². The second kappa shape index (κ2) is 3.58. The van der Waals surface area contributed by atoms with Gasteiger partial charge in [0.2, 0.25) is 0 Å². The van der Waals surface area contributed by atoms with E-state index in [0.29, 0.717) is 6.54 Å². The molecule has 1 aromatic heterocycles. The summed E-state index contributed by atoms with van der Waals surface area (Å²) in [4.78, 5) is 0. The first-order chi connectivity index (χ1) is 7.03. The van der Waals surface area contributed by atoms with E-state index in [0.717, 1.165) is 12.8 Å². The summed E-state index contributed by atoms with van der Waals surface area (Å²) < 4.78 is 26.9. The lowest BCUT2D eigenvalue weighted by molar-refractivity contribution is 0.391. The molecule has 6 nitrogen and oxygen atoms in total. The summed E-state index contributed by atoms with van der Waals surface area (Å²) in [5.74, 6) is 0. The molecule has 15 heavy (non-hydrogen) atoms. The summed E-state index contributed by atoms with van der Waals surface area (Å²) in [7, 11) is -1.86. The van der Waals surface area contributed by atoms with E-state index in [1.807, 2.05) is 0 Å². The largest absolute Gasteiger partial charge is 0.315 e. The number of aromatic nitrogens is 2. The van der Waals surface area contributed by atoms with Crippen molar-refractivity contribution in [3.05, 3.63) is 12.3 Å². The molecule has 2 rings (SSSR count). The molecular weight excluding hydrogens is 216 g/mol. The lowest BCUT2D eigenvalue weighted by Gasteiger charge is -2.20. The fraction of sp³-hybridized carbons (Fsp3) is 0.625. The molecule has 7 heteroatoms. The number of nitrogens with zero attached hydrogens (tertiary/aromatic N) is 3. The van der Waals surface area contributed by atoms with Crippen LogP contribution in [0.3, 0.4) is 0 Å². The second-order valence-electron chi connectivity index (χ2n) is 3.62. The Morgan fingerprint density at radius 3 is 2.80 bits per heavy atom. The molecule has 1 aliphatic heterocycles. The van der Waals surface area contributed by atoms with Gasteiger partial charge in [0, 0.05) is 13.6 Å². The minimum absolute atomic E-state index is 0.194. The van der Waals surface area contributed by atoms with Crippen molar-refractivity contribution >= 4 is 10.0 Å². The molecule has 0 spiro atoms. The van der Waals surface area contributed by atoms with Crippen molar-refractivity contribution in [2.24, 2.45) is 12.8 Å². The van der Waals surface area contributed by atoms with Crippen LogP contribution in [0.5, 0.6) is 0 Å². The third-order valence-electron chi connectivity index (χ3n) is 2.60. The molecule has 0 amide bonds. The van der Waals surface area contributed by atoms with Crippen LogP contribution in [0.25, 0.3) is 0 Å². The van der Waals surface area contributed by atoms with Gasteiger partial charge in [0.15, 0.2) is 5.03 Å². The van der Waals surface area contributed by atoms with Crippen molar-refractivity contribution in [1.29, 1.82) is 0 Å². The quantitative estimate of drug-likeness (QED) is 0.742. The van der Waals surface area contributed by atoms with E-state index in [-0.39, 0.29) is 5.03 Å². The van der Waals surface area contributed by atoms with Crippen molar-refractivity contribution in [2.45, 2.75) is 24.0 Å². The fourth-order valence-corrected chi connectivity index (χ4v) is 3.48. The van der Waals surface area contributed by atoms with E-state index in [1.165, 1.54) is 21.3 Å². The van der Waals surface area contributed by atoms with E-state index in [9.17, 15) is 8.42 Å². The zero-order chi connectivity index (χ0) is 11.1. The molecule has 0 aliphatic carbocycles. The zero-order valence-electron chi connectivity index (χ0n) is 8.50. The van der Waals surface area contributed by atoms with Crippen LogP contribution in [0.4, 0.5) is 0 Å². The van der Waals surface area contributed by atoms with Crippen molar-refractivity contribution in [3.63, 3.8) is 0 Å². The van der Waals surface area contributed by atoms with Gasteiger partial charge in [-0.2, -0.15) is 9.40 Å².